The zero-order valence-corrected chi connectivity index (χ0v) is 18.7. The predicted molar refractivity (Wildman–Crippen MR) is 126 cm³/mol. The molecule has 1 aliphatic rings. The molecule has 0 bridgehead atoms. The van der Waals surface area contributed by atoms with Gasteiger partial charge in [0.05, 0.1) is 11.8 Å². The molecule has 1 saturated heterocycles. The van der Waals surface area contributed by atoms with Gasteiger partial charge in [-0.3, -0.25) is 14.6 Å². The SMILES string of the molecule is CNC(=O)[C@]1(Cc2ccccc2-c2cccnc2)CCN(C(=O)Cc2cccc(C)c2)C1. The van der Waals surface area contributed by atoms with Gasteiger partial charge in [0.1, 0.15) is 0 Å². The van der Waals surface area contributed by atoms with E-state index in [0.717, 1.165) is 27.8 Å². The Morgan fingerprint density at radius 1 is 1.09 bits per heavy atom. The van der Waals surface area contributed by atoms with E-state index in [4.69, 9.17) is 0 Å². The molecule has 32 heavy (non-hydrogen) atoms. The van der Waals surface area contributed by atoms with Crippen molar-refractivity contribution in [2.75, 3.05) is 20.1 Å². The summed E-state index contributed by atoms with van der Waals surface area (Å²) in [7, 11) is 1.67. The van der Waals surface area contributed by atoms with Gasteiger partial charge in [-0.1, -0.05) is 60.2 Å². The van der Waals surface area contributed by atoms with Gasteiger partial charge < -0.3 is 10.2 Å². The van der Waals surface area contributed by atoms with E-state index in [0.29, 0.717) is 32.4 Å². The second kappa shape index (κ2) is 9.35. The van der Waals surface area contributed by atoms with Crippen molar-refractivity contribution < 1.29 is 9.59 Å². The van der Waals surface area contributed by atoms with E-state index < -0.39 is 5.41 Å². The summed E-state index contributed by atoms with van der Waals surface area (Å²) >= 11 is 0. The van der Waals surface area contributed by atoms with Crippen molar-refractivity contribution in [3.05, 3.63) is 89.7 Å². The highest BCUT2D eigenvalue weighted by Crippen LogP contribution is 2.37. The van der Waals surface area contributed by atoms with E-state index in [1.54, 1.807) is 13.2 Å². The summed E-state index contributed by atoms with van der Waals surface area (Å²) in [6.45, 7) is 3.05. The molecule has 164 valence electrons. The van der Waals surface area contributed by atoms with Gasteiger partial charge in [0, 0.05) is 38.1 Å². The lowest BCUT2D eigenvalue weighted by Crippen LogP contribution is -2.44. The third kappa shape index (κ3) is 4.57. The van der Waals surface area contributed by atoms with E-state index in [9.17, 15) is 9.59 Å². The van der Waals surface area contributed by atoms with Gasteiger partial charge in [0.2, 0.25) is 11.8 Å². The van der Waals surface area contributed by atoms with Crippen molar-refractivity contribution in [1.29, 1.82) is 0 Å². The minimum absolute atomic E-state index is 0.00987. The summed E-state index contributed by atoms with van der Waals surface area (Å²) in [5, 5.41) is 2.85. The second-order valence-corrected chi connectivity index (χ2v) is 8.67. The Bertz CT molecular complexity index is 1110. The van der Waals surface area contributed by atoms with Crippen molar-refractivity contribution in [3.8, 4) is 11.1 Å². The van der Waals surface area contributed by atoms with E-state index >= 15 is 0 Å². The molecule has 1 N–H and O–H groups in total. The molecule has 2 heterocycles. The summed E-state index contributed by atoms with van der Waals surface area (Å²) in [6.07, 6.45) is 5.18. The molecular weight excluding hydrogens is 398 g/mol. The number of hydrogen-bond donors (Lipinski definition) is 1. The maximum Gasteiger partial charge on any atom is 0.228 e. The molecule has 5 heteroatoms. The van der Waals surface area contributed by atoms with E-state index in [-0.39, 0.29) is 11.8 Å². The maximum atomic E-state index is 13.1. The van der Waals surface area contributed by atoms with Crippen molar-refractivity contribution in [1.82, 2.24) is 15.2 Å². The van der Waals surface area contributed by atoms with Gasteiger partial charge in [-0.15, -0.1) is 0 Å². The molecule has 1 aliphatic heterocycles. The number of rotatable bonds is 6. The molecule has 0 spiro atoms. The first-order valence-electron chi connectivity index (χ1n) is 11.0. The molecule has 0 aliphatic carbocycles. The Kier molecular flexibility index (Phi) is 6.35. The normalized spacial score (nSPS) is 17.9. The molecule has 1 fully saturated rings. The standard InChI is InChI=1S/C27H29N3O2/c1-20-7-5-8-21(15-20)16-25(31)30-14-12-27(19-30,26(32)28-2)17-22-9-3-4-11-24(22)23-10-6-13-29-18-23/h3-11,13,15,18H,12,14,16-17,19H2,1-2H3,(H,28,32)/t27-/m0/s1. The van der Waals surface area contributed by atoms with Crippen LogP contribution in [0.15, 0.2) is 73.1 Å². The number of aryl methyl sites for hydroxylation is 1. The Morgan fingerprint density at radius 2 is 1.94 bits per heavy atom. The van der Waals surface area contributed by atoms with Crippen LogP contribution in [0.5, 0.6) is 0 Å². The topological polar surface area (TPSA) is 62.3 Å². The summed E-state index contributed by atoms with van der Waals surface area (Å²) in [5.74, 6) is 0.0614. The van der Waals surface area contributed by atoms with Crippen LogP contribution in [0.3, 0.4) is 0 Å². The van der Waals surface area contributed by atoms with Crippen LogP contribution in [0.4, 0.5) is 0 Å². The van der Waals surface area contributed by atoms with Crippen molar-refractivity contribution in [2.45, 2.75) is 26.2 Å². The fraction of sp³-hybridized carbons (Fsp3) is 0.296. The Hall–Kier alpha value is -3.47. The number of nitrogens with zero attached hydrogens (tertiary/aromatic N) is 2. The maximum absolute atomic E-state index is 13.1. The van der Waals surface area contributed by atoms with Crippen molar-refractivity contribution >= 4 is 11.8 Å². The first kappa shape index (κ1) is 21.8. The molecule has 5 nitrogen and oxygen atoms in total. The molecule has 4 rings (SSSR count). The largest absolute Gasteiger partial charge is 0.359 e. The zero-order valence-electron chi connectivity index (χ0n) is 18.7. The average Bonchev–Trinajstić information content (AvgIpc) is 3.25. The quantitative estimate of drug-likeness (QED) is 0.651. The number of pyridine rings is 1. The van der Waals surface area contributed by atoms with Gasteiger partial charge in [-0.25, -0.2) is 0 Å². The van der Waals surface area contributed by atoms with Crippen LogP contribution in [-0.4, -0.2) is 41.8 Å². The Morgan fingerprint density at radius 3 is 2.69 bits per heavy atom. The second-order valence-electron chi connectivity index (χ2n) is 8.67. The Balaban J connectivity index is 1.57. The number of carbonyl (C=O) groups excluding carboxylic acids is 2. The molecule has 1 atom stereocenters. The molecule has 1 aromatic heterocycles. The first-order chi connectivity index (χ1) is 15.5. The number of likely N-dealkylation sites (tertiary alicyclic amines) is 1. The van der Waals surface area contributed by atoms with Crippen LogP contribution in [0.25, 0.3) is 11.1 Å². The molecule has 2 aromatic carbocycles. The number of amides is 2. The lowest BCUT2D eigenvalue weighted by Gasteiger charge is -2.28. The monoisotopic (exact) mass is 427 g/mol. The van der Waals surface area contributed by atoms with Crippen LogP contribution >= 0.6 is 0 Å². The van der Waals surface area contributed by atoms with Crippen LogP contribution in [0.2, 0.25) is 0 Å². The van der Waals surface area contributed by atoms with Crippen molar-refractivity contribution in [3.63, 3.8) is 0 Å². The van der Waals surface area contributed by atoms with Crippen LogP contribution in [-0.2, 0) is 22.4 Å². The fourth-order valence-corrected chi connectivity index (χ4v) is 4.71. The van der Waals surface area contributed by atoms with E-state index in [1.807, 2.05) is 66.6 Å². The van der Waals surface area contributed by atoms with E-state index in [1.165, 1.54) is 0 Å². The number of benzene rings is 2. The minimum atomic E-state index is -0.644. The summed E-state index contributed by atoms with van der Waals surface area (Å²) in [5.41, 5.74) is 4.71. The van der Waals surface area contributed by atoms with Gasteiger partial charge in [-0.2, -0.15) is 0 Å². The molecule has 2 amide bonds. The van der Waals surface area contributed by atoms with Gasteiger partial charge in [0.15, 0.2) is 0 Å². The number of nitrogens with one attached hydrogen (secondary N) is 1. The zero-order chi connectivity index (χ0) is 22.6. The number of aromatic nitrogens is 1. The van der Waals surface area contributed by atoms with Crippen LogP contribution in [0, 0.1) is 12.3 Å². The average molecular weight is 428 g/mol. The highest BCUT2D eigenvalue weighted by atomic mass is 16.2. The van der Waals surface area contributed by atoms with Crippen LogP contribution in [0.1, 0.15) is 23.1 Å². The minimum Gasteiger partial charge on any atom is -0.359 e. The first-order valence-corrected chi connectivity index (χ1v) is 11.0. The highest BCUT2D eigenvalue weighted by molar-refractivity contribution is 5.86. The third-order valence-corrected chi connectivity index (χ3v) is 6.37. The number of hydrogen-bond acceptors (Lipinski definition) is 3. The third-order valence-electron chi connectivity index (χ3n) is 6.37. The summed E-state index contributed by atoms with van der Waals surface area (Å²) < 4.78 is 0. The Labute approximate surface area is 189 Å². The lowest BCUT2D eigenvalue weighted by atomic mass is 9.78. The smallest absolute Gasteiger partial charge is 0.228 e. The van der Waals surface area contributed by atoms with Gasteiger partial charge >= 0.3 is 0 Å². The van der Waals surface area contributed by atoms with Crippen molar-refractivity contribution in [2.24, 2.45) is 5.41 Å². The molecule has 3 aromatic rings. The fourth-order valence-electron chi connectivity index (χ4n) is 4.71. The molecule has 0 saturated carbocycles. The molecular formula is C27H29N3O2. The van der Waals surface area contributed by atoms with Gasteiger partial charge in [0.25, 0.3) is 0 Å². The van der Waals surface area contributed by atoms with Gasteiger partial charge in [-0.05, 0) is 42.5 Å². The van der Waals surface area contributed by atoms with E-state index in [2.05, 4.69) is 22.4 Å². The summed E-state index contributed by atoms with van der Waals surface area (Å²) in [6, 6.07) is 20.1. The number of carbonyl (C=O) groups is 2. The van der Waals surface area contributed by atoms with Crippen LogP contribution < -0.4 is 5.32 Å². The molecule has 0 radical (unpaired) electrons. The predicted octanol–water partition coefficient (Wildman–Crippen LogP) is 3.81. The summed E-state index contributed by atoms with van der Waals surface area (Å²) in [4.78, 5) is 32.3. The lowest BCUT2D eigenvalue weighted by molar-refractivity contribution is -0.132. The molecule has 0 unspecified atom stereocenters. The highest BCUT2D eigenvalue weighted by Gasteiger charge is 2.45.